The van der Waals surface area contributed by atoms with E-state index >= 15 is 0 Å². The second-order valence-corrected chi connectivity index (χ2v) is 6.38. The van der Waals surface area contributed by atoms with Crippen molar-refractivity contribution in [3.05, 3.63) is 53.9 Å². The number of nitrogens with zero attached hydrogens (tertiary/aromatic N) is 4. The molecule has 0 aliphatic rings. The number of aliphatic hydroxyl groups excluding tert-OH is 1. The van der Waals surface area contributed by atoms with Crippen molar-refractivity contribution in [2.75, 3.05) is 6.54 Å². The molecule has 150 valence electrons. The van der Waals surface area contributed by atoms with Gasteiger partial charge in [0.2, 0.25) is 0 Å². The molecule has 0 amide bonds. The predicted octanol–water partition coefficient (Wildman–Crippen LogP) is 2.06. The van der Waals surface area contributed by atoms with Gasteiger partial charge in [0.1, 0.15) is 5.84 Å². The van der Waals surface area contributed by atoms with Crippen LogP contribution in [0.15, 0.2) is 47.8 Å². The summed E-state index contributed by atoms with van der Waals surface area (Å²) < 4.78 is 1.71. The van der Waals surface area contributed by atoms with Gasteiger partial charge in [0, 0.05) is 35.3 Å². The van der Waals surface area contributed by atoms with E-state index in [9.17, 15) is 5.11 Å². The molecule has 28 heavy (non-hydrogen) atoms. The highest BCUT2D eigenvalue weighted by Crippen LogP contribution is 2.21. The van der Waals surface area contributed by atoms with Crippen molar-refractivity contribution in [2.24, 2.45) is 16.7 Å². The SMILES string of the molecule is CC.CC(C)NCC(O)c1cnc2c(cnn2-c2cccc(/C(N)=N/N)c2)c1. The summed E-state index contributed by atoms with van der Waals surface area (Å²) in [7, 11) is 0. The number of hydrazone groups is 1. The van der Waals surface area contributed by atoms with Gasteiger partial charge in [-0.2, -0.15) is 10.2 Å². The number of aromatic nitrogens is 3. The molecule has 0 fully saturated rings. The van der Waals surface area contributed by atoms with Crippen LogP contribution in [0, 0.1) is 0 Å². The summed E-state index contributed by atoms with van der Waals surface area (Å²) in [6.45, 7) is 8.54. The molecule has 1 atom stereocenters. The molecule has 2 heterocycles. The van der Waals surface area contributed by atoms with Crippen molar-refractivity contribution in [3.8, 4) is 5.69 Å². The molecule has 3 aromatic rings. The van der Waals surface area contributed by atoms with Gasteiger partial charge in [-0.1, -0.05) is 39.8 Å². The molecule has 0 aliphatic heterocycles. The number of hydrogen-bond acceptors (Lipinski definition) is 6. The van der Waals surface area contributed by atoms with Crippen LogP contribution in [-0.4, -0.2) is 38.3 Å². The van der Waals surface area contributed by atoms with Crippen LogP contribution in [0.4, 0.5) is 0 Å². The quantitative estimate of drug-likeness (QED) is 0.223. The summed E-state index contributed by atoms with van der Waals surface area (Å²) in [5.41, 5.74) is 8.73. The molecular weight excluding hydrogens is 354 g/mol. The van der Waals surface area contributed by atoms with Crippen LogP contribution in [0.3, 0.4) is 0 Å². The fraction of sp³-hybridized carbons (Fsp3) is 0.350. The van der Waals surface area contributed by atoms with Gasteiger partial charge in [-0.25, -0.2) is 9.67 Å². The molecule has 8 nitrogen and oxygen atoms in total. The van der Waals surface area contributed by atoms with Crippen molar-refractivity contribution < 1.29 is 5.11 Å². The number of nitrogens with one attached hydrogen (secondary N) is 1. The van der Waals surface area contributed by atoms with Crippen molar-refractivity contribution >= 4 is 16.9 Å². The lowest BCUT2D eigenvalue weighted by atomic mass is 10.1. The molecule has 1 aromatic carbocycles. The van der Waals surface area contributed by atoms with E-state index in [2.05, 4.69) is 20.5 Å². The van der Waals surface area contributed by atoms with Crippen LogP contribution in [0.25, 0.3) is 16.7 Å². The van der Waals surface area contributed by atoms with E-state index in [1.165, 1.54) is 0 Å². The largest absolute Gasteiger partial charge is 0.387 e. The number of hydrogen-bond donors (Lipinski definition) is 4. The van der Waals surface area contributed by atoms with Crippen molar-refractivity contribution in [2.45, 2.75) is 39.8 Å². The molecule has 0 aliphatic carbocycles. The highest BCUT2D eigenvalue weighted by molar-refractivity contribution is 5.97. The van der Waals surface area contributed by atoms with Gasteiger partial charge in [0.25, 0.3) is 0 Å². The fourth-order valence-corrected chi connectivity index (χ4v) is 2.65. The zero-order valence-corrected chi connectivity index (χ0v) is 16.8. The van der Waals surface area contributed by atoms with E-state index in [0.717, 1.165) is 16.6 Å². The number of rotatable bonds is 6. The number of benzene rings is 1. The number of amidine groups is 1. The lowest BCUT2D eigenvalue weighted by molar-refractivity contribution is 0.171. The third kappa shape index (κ3) is 4.85. The van der Waals surface area contributed by atoms with Gasteiger partial charge in [-0.15, -0.1) is 0 Å². The minimum atomic E-state index is -0.624. The van der Waals surface area contributed by atoms with Crippen LogP contribution in [0.1, 0.15) is 44.9 Å². The molecule has 0 spiro atoms. The Morgan fingerprint density at radius 2 is 2.00 bits per heavy atom. The Labute approximate surface area is 165 Å². The van der Waals surface area contributed by atoms with Crippen LogP contribution in [-0.2, 0) is 0 Å². The van der Waals surface area contributed by atoms with Gasteiger partial charge < -0.3 is 22.0 Å². The lowest BCUT2D eigenvalue weighted by Gasteiger charge is -2.14. The first-order valence-corrected chi connectivity index (χ1v) is 9.39. The maximum Gasteiger partial charge on any atom is 0.162 e. The maximum atomic E-state index is 10.3. The van der Waals surface area contributed by atoms with E-state index in [1.807, 2.05) is 58.0 Å². The van der Waals surface area contributed by atoms with E-state index in [4.69, 9.17) is 11.6 Å². The predicted molar refractivity (Wildman–Crippen MR) is 113 cm³/mol. The zero-order chi connectivity index (χ0) is 20.7. The lowest BCUT2D eigenvalue weighted by Crippen LogP contribution is -2.27. The zero-order valence-electron chi connectivity index (χ0n) is 16.8. The van der Waals surface area contributed by atoms with E-state index in [-0.39, 0.29) is 5.84 Å². The molecule has 1 unspecified atom stereocenters. The molecule has 0 radical (unpaired) electrons. The average molecular weight is 384 g/mol. The molecule has 8 heteroatoms. The van der Waals surface area contributed by atoms with E-state index in [1.54, 1.807) is 17.1 Å². The summed E-state index contributed by atoms with van der Waals surface area (Å²) in [5, 5.41) is 22.3. The average Bonchev–Trinajstić information content (AvgIpc) is 3.16. The Bertz CT molecular complexity index is 933. The minimum Gasteiger partial charge on any atom is -0.387 e. The van der Waals surface area contributed by atoms with Crippen molar-refractivity contribution in [1.29, 1.82) is 0 Å². The fourth-order valence-electron chi connectivity index (χ4n) is 2.65. The molecular formula is C20H29N7O. The van der Waals surface area contributed by atoms with Crippen molar-refractivity contribution in [1.82, 2.24) is 20.1 Å². The monoisotopic (exact) mass is 383 g/mol. The van der Waals surface area contributed by atoms with Gasteiger partial charge >= 0.3 is 0 Å². The Hall–Kier alpha value is -2.97. The summed E-state index contributed by atoms with van der Waals surface area (Å²) in [6.07, 6.45) is 2.77. The summed E-state index contributed by atoms with van der Waals surface area (Å²) >= 11 is 0. The second kappa shape index (κ2) is 9.82. The second-order valence-electron chi connectivity index (χ2n) is 6.38. The maximum absolute atomic E-state index is 10.3. The molecule has 0 saturated heterocycles. The topological polar surface area (TPSA) is 127 Å². The summed E-state index contributed by atoms with van der Waals surface area (Å²) in [4.78, 5) is 4.49. The Kier molecular flexibility index (Phi) is 7.48. The molecule has 3 rings (SSSR count). The van der Waals surface area contributed by atoms with E-state index in [0.29, 0.717) is 23.8 Å². The standard InChI is InChI=1S/C18H23N7O.C2H6/c1-11(2)21-10-16(26)13-6-14-9-23-25(18(14)22-8-13)15-5-3-4-12(7-15)17(19)24-20;1-2/h3-9,11,16,21,26H,10,20H2,1-2H3,(H2,19,24);1-2H3. The molecule has 2 aromatic heterocycles. The number of pyridine rings is 1. The first-order chi connectivity index (χ1) is 13.5. The first kappa shape index (κ1) is 21.3. The Morgan fingerprint density at radius 1 is 1.25 bits per heavy atom. The van der Waals surface area contributed by atoms with Crippen LogP contribution in [0.2, 0.25) is 0 Å². The Balaban J connectivity index is 0.00000136. The smallest absolute Gasteiger partial charge is 0.162 e. The normalized spacial score (nSPS) is 12.7. The minimum absolute atomic E-state index is 0.249. The third-order valence-corrected chi connectivity index (χ3v) is 4.06. The van der Waals surface area contributed by atoms with Gasteiger partial charge in [-0.05, 0) is 18.2 Å². The molecule has 0 bridgehead atoms. The summed E-state index contributed by atoms with van der Waals surface area (Å²) in [6, 6.07) is 9.63. The van der Waals surface area contributed by atoms with Gasteiger partial charge in [0.05, 0.1) is 18.0 Å². The van der Waals surface area contributed by atoms with Crippen LogP contribution >= 0.6 is 0 Å². The van der Waals surface area contributed by atoms with Crippen LogP contribution in [0.5, 0.6) is 0 Å². The van der Waals surface area contributed by atoms with E-state index < -0.39 is 6.10 Å². The highest BCUT2D eigenvalue weighted by atomic mass is 16.3. The third-order valence-electron chi connectivity index (χ3n) is 4.06. The van der Waals surface area contributed by atoms with Crippen LogP contribution < -0.4 is 16.9 Å². The summed E-state index contributed by atoms with van der Waals surface area (Å²) in [5.74, 6) is 5.50. The number of aliphatic hydroxyl groups is 1. The van der Waals surface area contributed by atoms with Gasteiger partial charge in [-0.3, -0.25) is 0 Å². The Morgan fingerprint density at radius 3 is 2.68 bits per heavy atom. The first-order valence-electron chi connectivity index (χ1n) is 9.39. The molecule has 0 saturated carbocycles. The number of fused-ring (bicyclic) bond motifs is 1. The number of nitrogens with two attached hydrogens (primary N) is 2. The van der Waals surface area contributed by atoms with Crippen molar-refractivity contribution in [3.63, 3.8) is 0 Å². The van der Waals surface area contributed by atoms with Gasteiger partial charge in [0.15, 0.2) is 5.65 Å². The molecule has 6 N–H and O–H groups in total. The highest BCUT2D eigenvalue weighted by Gasteiger charge is 2.13.